The van der Waals surface area contributed by atoms with Crippen molar-refractivity contribution >= 4 is 27.8 Å². The first kappa shape index (κ1) is 29.9. The van der Waals surface area contributed by atoms with Crippen LogP contribution in [0.2, 0.25) is 0 Å². The van der Waals surface area contributed by atoms with Gasteiger partial charge in [-0.15, -0.1) is 0 Å². The predicted molar refractivity (Wildman–Crippen MR) is 138 cm³/mol. The molecule has 0 aliphatic heterocycles. The number of hydrogen-bond acceptors (Lipinski definition) is 7. The molecule has 0 saturated carbocycles. The normalized spacial score (nSPS) is 11.2. The summed E-state index contributed by atoms with van der Waals surface area (Å²) in [6.45, 7) is 5.54. The third kappa shape index (κ3) is 9.58. The molecule has 0 aliphatic carbocycles. The summed E-state index contributed by atoms with van der Waals surface area (Å²) in [6, 6.07) is 6.52. The number of carbonyl (C=O) groups excluding carboxylic acids is 2. The summed E-state index contributed by atoms with van der Waals surface area (Å²) in [4.78, 5) is 40.1. The second-order valence-electron chi connectivity index (χ2n) is 8.46. The van der Waals surface area contributed by atoms with Gasteiger partial charge in [0.2, 0.25) is 0 Å². The van der Waals surface area contributed by atoms with Crippen LogP contribution >= 0.6 is 0 Å². The zero-order chi connectivity index (χ0) is 27.3. The number of ether oxygens (including phenoxy) is 1. The SMILES string of the molecule is CCCCCCCc1cc(C(=O)O)ncc1C(=O)NS(=O)(=O)c1ccc(C(=O)NCCCOCC)cc1. The van der Waals surface area contributed by atoms with Crippen LogP contribution in [0.5, 0.6) is 0 Å². The molecule has 1 aromatic carbocycles. The number of aryl methyl sites for hydroxylation is 1. The standard InChI is InChI=1S/C26H35N3O7S/c1-3-5-6-7-8-10-20-17-23(26(32)33)28-18-22(20)25(31)29-37(34,35)21-13-11-19(12-14-21)24(30)27-15-9-16-36-4-2/h11-14,17-18H,3-10,15-16H2,1-2H3,(H,27,30)(H,29,31)(H,32,33). The van der Waals surface area contributed by atoms with E-state index in [-0.39, 0.29) is 27.6 Å². The zero-order valence-corrected chi connectivity index (χ0v) is 22.1. The number of hydrogen-bond donors (Lipinski definition) is 3. The van der Waals surface area contributed by atoms with Crippen molar-refractivity contribution in [3.63, 3.8) is 0 Å². The summed E-state index contributed by atoms with van der Waals surface area (Å²) in [5, 5.41) is 12.0. The molecule has 0 spiro atoms. The van der Waals surface area contributed by atoms with Crippen molar-refractivity contribution in [1.82, 2.24) is 15.0 Å². The molecule has 0 unspecified atom stereocenters. The Balaban J connectivity index is 2.09. The van der Waals surface area contributed by atoms with Gasteiger partial charge in [0, 0.05) is 31.5 Å². The minimum Gasteiger partial charge on any atom is -0.477 e. The molecule has 2 amide bonds. The molecule has 0 bridgehead atoms. The third-order valence-corrected chi connectivity index (χ3v) is 6.96. The van der Waals surface area contributed by atoms with Gasteiger partial charge < -0.3 is 15.2 Å². The van der Waals surface area contributed by atoms with E-state index in [1.165, 1.54) is 30.3 Å². The van der Waals surface area contributed by atoms with E-state index in [0.29, 0.717) is 38.2 Å². The van der Waals surface area contributed by atoms with Gasteiger partial charge in [-0.3, -0.25) is 9.59 Å². The molecule has 2 aromatic rings. The van der Waals surface area contributed by atoms with E-state index in [1.54, 1.807) is 0 Å². The van der Waals surface area contributed by atoms with Crippen LogP contribution in [0.15, 0.2) is 41.4 Å². The largest absolute Gasteiger partial charge is 0.477 e. The highest BCUT2D eigenvalue weighted by atomic mass is 32.2. The average molecular weight is 534 g/mol. The first-order valence-corrected chi connectivity index (χ1v) is 13.9. The van der Waals surface area contributed by atoms with Gasteiger partial charge in [0.25, 0.3) is 21.8 Å². The van der Waals surface area contributed by atoms with Crippen LogP contribution in [0.1, 0.15) is 89.1 Å². The van der Waals surface area contributed by atoms with E-state index < -0.39 is 21.9 Å². The summed E-state index contributed by atoms with van der Waals surface area (Å²) >= 11 is 0. The number of aromatic nitrogens is 1. The Morgan fingerprint density at radius 2 is 1.68 bits per heavy atom. The van der Waals surface area contributed by atoms with Crippen LogP contribution in [0.25, 0.3) is 0 Å². The number of carboxylic acids is 1. The van der Waals surface area contributed by atoms with Gasteiger partial charge in [0.1, 0.15) is 5.69 Å². The molecule has 1 heterocycles. The molecule has 202 valence electrons. The van der Waals surface area contributed by atoms with E-state index in [1.807, 2.05) is 11.6 Å². The Labute approximate surface area is 217 Å². The number of benzene rings is 1. The van der Waals surface area contributed by atoms with Crippen molar-refractivity contribution < 1.29 is 32.6 Å². The lowest BCUT2D eigenvalue weighted by Crippen LogP contribution is -2.31. The molecule has 0 radical (unpaired) electrons. The van der Waals surface area contributed by atoms with E-state index in [9.17, 15) is 27.9 Å². The average Bonchev–Trinajstić information content (AvgIpc) is 2.88. The Morgan fingerprint density at radius 3 is 2.32 bits per heavy atom. The number of nitrogens with zero attached hydrogens (tertiary/aromatic N) is 1. The van der Waals surface area contributed by atoms with E-state index >= 15 is 0 Å². The predicted octanol–water partition coefficient (Wildman–Crippen LogP) is 3.57. The van der Waals surface area contributed by atoms with Gasteiger partial charge in [-0.05, 0) is 62.1 Å². The summed E-state index contributed by atoms with van der Waals surface area (Å²) in [5.41, 5.74) is 0.496. The summed E-state index contributed by atoms with van der Waals surface area (Å²) in [6.07, 6.45) is 6.97. The number of carbonyl (C=O) groups is 3. The zero-order valence-electron chi connectivity index (χ0n) is 21.3. The van der Waals surface area contributed by atoms with Crippen molar-refractivity contribution in [2.75, 3.05) is 19.8 Å². The maximum absolute atomic E-state index is 12.9. The van der Waals surface area contributed by atoms with E-state index in [4.69, 9.17) is 4.74 Å². The highest BCUT2D eigenvalue weighted by Gasteiger charge is 2.22. The lowest BCUT2D eigenvalue weighted by Gasteiger charge is -2.12. The van der Waals surface area contributed by atoms with Crippen LogP contribution in [0, 0.1) is 0 Å². The second kappa shape index (κ2) is 15.1. The number of carboxylic acid groups (broad SMARTS) is 1. The smallest absolute Gasteiger partial charge is 0.354 e. The minimum absolute atomic E-state index is 0.00659. The molecule has 1 aromatic heterocycles. The topological polar surface area (TPSA) is 152 Å². The van der Waals surface area contributed by atoms with Gasteiger partial charge in [-0.2, -0.15) is 0 Å². The molecule has 3 N–H and O–H groups in total. The fourth-order valence-corrected chi connectivity index (χ4v) is 4.55. The Bertz CT molecular complexity index is 1170. The van der Waals surface area contributed by atoms with Gasteiger partial charge in [-0.25, -0.2) is 22.9 Å². The number of nitrogens with one attached hydrogen (secondary N) is 2. The van der Waals surface area contributed by atoms with Crippen molar-refractivity contribution in [2.45, 2.75) is 63.7 Å². The number of sulfonamides is 1. The van der Waals surface area contributed by atoms with Crippen LogP contribution in [0.4, 0.5) is 0 Å². The summed E-state index contributed by atoms with van der Waals surface area (Å²) in [7, 11) is -4.24. The van der Waals surface area contributed by atoms with Gasteiger partial charge >= 0.3 is 5.97 Å². The number of aromatic carboxylic acids is 1. The molecule has 0 atom stereocenters. The van der Waals surface area contributed by atoms with Gasteiger partial charge in [-0.1, -0.05) is 32.6 Å². The Hall–Kier alpha value is -3.31. The number of amides is 2. The van der Waals surface area contributed by atoms with E-state index in [0.717, 1.165) is 38.3 Å². The van der Waals surface area contributed by atoms with Crippen molar-refractivity contribution in [2.24, 2.45) is 0 Å². The molecular weight excluding hydrogens is 498 g/mol. The Morgan fingerprint density at radius 1 is 0.973 bits per heavy atom. The highest BCUT2D eigenvalue weighted by Crippen LogP contribution is 2.17. The number of unbranched alkanes of at least 4 members (excludes halogenated alkanes) is 4. The molecule has 0 aliphatic rings. The maximum atomic E-state index is 12.9. The van der Waals surface area contributed by atoms with Crippen LogP contribution in [-0.2, 0) is 21.2 Å². The molecule has 0 fully saturated rings. The van der Waals surface area contributed by atoms with Crippen molar-refractivity contribution in [1.29, 1.82) is 0 Å². The summed E-state index contributed by atoms with van der Waals surface area (Å²) in [5.74, 6) is -2.48. The molecule has 11 heteroatoms. The summed E-state index contributed by atoms with van der Waals surface area (Å²) < 4.78 is 32.9. The second-order valence-corrected chi connectivity index (χ2v) is 10.1. The van der Waals surface area contributed by atoms with Crippen LogP contribution in [-0.4, -0.2) is 56.1 Å². The van der Waals surface area contributed by atoms with E-state index in [2.05, 4.69) is 17.2 Å². The quantitative estimate of drug-likeness (QED) is 0.277. The van der Waals surface area contributed by atoms with Crippen molar-refractivity contribution in [3.8, 4) is 0 Å². The van der Waals surface area contributed by atoms with Crippen molar-refractivity contribution in [3.05, 3.63) is 58.9 Å². The molecule has 2 rings (SSSR count). The monoisotopic (exact) mass is 533 g/mol. The maximum Gasteiger partial charge on any atom is 0.354 e. The number of rotatable bonds is 16. The van der Waals surface area contributed by atoms with Crippen LogP contribution < -0.4 is 10.0 Å². The molecule has 37 heavy (non-hydrogen) atoms. The third-order valence-electron chi connectivity index (χ3n) is 5.61. The lowest BCUT2D eigenvalue weighted by atomic mass is 10.0. The molecular formula is C26H35N3O7S. The fourth-order valence-electron chi connectivity index (χ4n) is 3.59. The lowest BCUT2D eigenvalue weighted by molar-refractivity contribution is 0.0689. The van der Waals surface area contributed by atoms with Crippen LogP contribution in [0.3, 0.4) is 0 Å². The highest BCUT2D eigenvalue weighted by molar-refractivity contribution is 7.90. The first-order valence-electron chi connectivity index (χ1n) is 12.4. The minimum atomic E-state index is -4.24. The Kier molecular flexibility index (Phi) is 12.2. The van der Waals surface area contributed by atoms with Gasteiger partial charge in [0.15, 0.2) is 0 Å². The fraction of sp³-hybridized carbons (Fsp3) is 0.462. The van der Waals surface area contributed by atoms with Gasteiger partial charge in [0.05, 0.1) is 10.5 Å². The molecule has 0 saturated heterocycles. The first-order chi connectivity index (χ1) is 17.7. The number of pyridine rings is 1. The molecule has 10 nitrogen and oxygen atoms in total.